The van der Waals surface area contributed by atoms with Crippen molar-refractivity contribution < 1.29 is 19.1 Å². The molecular weight excluding hydrogens is 370 g/mol. The molecule has 7 heteroatoms. The second-order valence-corrected chi connectivity index (χ2v) is 6.70. The molecule has 29 heavy (non-hydrogen) atoms. The maximum absolute atomic E-state index is 12.2. The number of hydrogen-bond donors (Lipinski definition) is 3. The highest BCUT2D eigenvalue weighted by Crippen LogP contribution is 2.17. The highest BCUT2D eigenvalue weighted by atomic mass is 16.5. The molecule has 156 valence electrons. The van der Waals surface area contributed by atoms with E-state index in [-0.39, 0.29) is 24.3 Å². The number of ether oxygens (including phenoxy) is 2. The molecule has 0 aromatic heterocycles. The summed E-state index contributed by atoms with van der Waals surface area (Å²) in [6.07, 6.45) is 0. The molecule has 2 amide bonds. The van der Waals surface area contributed by atoms with Gasteiger partial charge in [0.2, 0.25) is 11.8 Å². The van der Waals surface area contributed by atoms with Gasteiger partial charge in [-0.15, -0.1) is 0 Å². The molecule has 2 rings (SSSR count). The van der Waals surface area contributed by atoms with Gasteiger partial charge in [0.05, 0.1) is 13.2 Å². The fourth-order valence-electron chi connectivity index (χ4n) is 2.38. The quantitative estimate of drug-likeness (QED) is 0.501. The van der Waals surface area contributed by atoms with Crippen LogP contribution in [0.1, 0.15) is 20.8 Å². The molecule has 0 unspecified atom stereocenters. The van der Waals surface area contributed by atoms with Crippen LogP contribution in [-0.4, -0.2) is 38.2 Å². The Labute approximate surface area is 171 Å². The molecule has 0 fully saturated rings. The second kappa shape index (κ2) is 11.7. The van der Waals surface area contributed by atoms with Crippen molar-refractivity contribution in [1.29, 1.82) is 0 Å². The largest absolute Gasteiger partial charge is 0.491 e. The van der Waals surface area contributed by atoms with Crippen molar-refractivity contribution >= 4 is 28.9 Å². The van der Waals surface area contributed by atoms with Crippen molar-refractivity contribution in [2.75, 3.05) is 42.3 Å². The Morgan fingerprint density at radius 2 is 1.66 bits per heavy atom. The first kappa shape index (κ1) is 22.2. The van der Waals surface area contributed by atoms with Crippen LogP contribution in [0.25, 0.3) is 0 Å². The summed E-state index contributed by atoms with van der Waals surface area (Å²) < 4.78 is 10.8. The van der Waals surface area contributed by atoms with E-state index in [1.165, 1.54) is 0 Å². The van der Waals surface area contributed by atoms with Gasteiger partial charge in [-0.25, -0.2) is 0 Å². The standard InChI is InChI=1S/C22H29N3O4/c1-4-28-12-13-29-20-10-8-17(9-11-20)24-21(26)15-23-18-6-5-7-19(14-18)25-22(27)16(2)3/h5-11,14,16,23H,4,12-13,15H2,1-3H3,(H,24,26)(H,25,27). The summed E-state index contributed by atoms with van der Waals surface area (Å²) in [6.45, 7) is 7.41. The van der Waals surface area contributed by atoms with Gasteiger partial charge in [0.1, 0.15) is 12.4 Å². The third-order valence-electron chi connectivity index (χ3n) is 3.95. The van der Waals surface area contributed by atoms with E-state index in [0.717, 1.165) is 11.4 Å². The van der Waals surface area contributed by atoms with Crippen LogP contribution in [0.4, 0.5) is 17.1 Å². The lowest BCUT2D eigenvalue weighted by Gasteiger charge is -2.11. The van der Waals surface area contributed by atoms with Crippen LogP contribution in [-0.2, 0) is 14.3 Å². The molecule has 0 spiro atoms. The fourth-order valence-corrected chi connectivity index (χ4v) is 2.38. The Morgan fingerprint density at radius 3 is 2.34 bits per heavy atom. The number of carbonyl (C=O) groups is 2. The van der Waals surface area contributed by atoms with Crippen molar-refractivity contribution in [1.82, 2.24) is 0 Å². The minimum atomic E-state index is -0.174. The maximum Gasteiger partial charge on any atom is 0.243 e. The van der Waals surface area contributed by atoms with Gasteiger partial charge in [0.25, 0.3) is 0 Å². The molecule has 0 atom stereocenters. The van der Waals surface area contributed by atoms with Gasteiger partial charge < -0.3 is 25.4 Å². The molecule has 0 saturated carbocycles. The van der Waals surface area contributed by atoms with Gasteiger partial charge in [0, 0.05) is 29.6 Å². The SMILES string of the molecule is CCOCCOc1ccc(NC(=O)CNc2cccc(NC(=O)C(C)C)c2)cc1. The predicted octanol–water partition coefficient (Wildman–Crippen LogP) is 3.75. The molecule has 0 aliphatic heterocycles. The lowest BCUT2D eigenvalue weighted by molar-refractivity contribution is -0.119. The van der Waals surface area contributed by atoms with E-state index in [9.17, 15) is 9.59 Å². The highest BCUT2D eigenvalue weighted by molar-refractivity contribution is 5.94. The number of carbonyl (C=O) groups excluding carboxylic acids is 2. The minimum absolute atomic E-state index is 0.0507. The third-order valence-corrected chi connectivity index (χ3v) is 3.95. The van der Waals surface area contributed by atoms with Gasteiger partial charge >= 0.3 is 0 Å². The van der Waals surface area contributed by atoms with Crippen LogP contribution >= 0.6 is 0 Å². The average molecular weight is 399 g/mol. The summed E-state index contributed by atoms with van der Waals surface area (Å²) in [5.74, 6) is 0.400. The van der Waals surface area contributed by atoms with Crippen LogP contribution in [0.15, 0.2) is 48.5 Å². The zero-order chi connectivity index (χ0) is 21.1. The highest BCUT2D eigenvalue weighted by Gasteiger charge is 2.08. The topological polar surface area (TPSA) is 88.7 Å². The summed E-state index contributed by atoms with van der Waals surface area (Å²) >= 11 is 0. The van der Waals surface area contributed by atoms with Gasteiger partial charge in [-0.3, -0.25) is 9.59 Å². The van der Waals surface area contributed by atoms with Crippen molar-refractivity contribution in [3.8, 4) is 5.75 Å². The smallest absolute Gasteiger partial charge is 0.243 e. The van der Waals surface area contributed by atoms with Crippen molar-refractivity contribution in [3.63, 3.8) is 0 Å². The fraction of sp³-hybridized carbons (Fsp3) is 0.364. The van der Waals surface area contributed by atoms with Gasteiger partial charge in [0.15, 0.2) is 0 Å². The van der Waals surface area contributed by atoms with Crippen LogP contribution in [0.5, 0.6) is 5.75 Å². The van der Waals surface area contributed by atoms with E-state index in [4.69, 9.17) is 9.47 Å². The third kappa shape index (κ3) is 8.23. The number of nitrogens with one attached hydrogen (secondary N) is 3. The zero-order valence-corrected chi connectivity index (χ0v) is 17.2. The van der Waals surface area contributed by atoms with E-state index in [2.05, 4.69) is 16.0 Å². The number of hydrogen-bond acceptors (Lipinski definition) is 5. The first-order valence-electron chi connectivity index (χ1n) is 9.73. The van der Waals surface area contributed by atoms with Crippen molar-refractivity contribution in [2.45, 2.75) is 20.8 Å². The molecule has 0 bridgehead atoms. The van der Waals surface area contributed by atoms with E-state index in [0.29, 0.717) is 31.2 Å². The monoisotopic (exact) mass is 399 g/mol. The summed E-state index contributed by atoms with van der Waals surface area (Å²) in [6, 6.07) is 14.4. The Morgan fingerprint density at radius 1 is 0.931 bits per heavy atom. The second-order valence-electron chi connectivity index (χ2n) is 6.70. The molecule has 0 aliphatic carbocycles. The van der Waals surface area contributed by atoms with E-state index >= 15 is 0 Å². The Balaban J connectivity index is 1.79. The van der Waals surface area contributed by atoms with Crippen LogP contribution < -0.4 is 20.7 Å². The first-order valence-corrected chi connectivity index (χ1v) is 9.73. The molecule has 0 radical (unpaired) electrons. The Kier molecular flexibility index (Phi) is 8.98. The van der Waals surface area contributed by atoms with Gasteiger partial charge in [-0.05, 0) is 49.4 Å². The van der Waals surface area contributed by atoms with Crippen LogP contribution in [0, 0.1) is 5.92 Å². The summed E-state index contributed by atoms with van der Waals surface area (Å²) in [7, 11) is 0. The molecule has 2 aromatic carbocycles. The Bertz CT molecular complexity index is 791. The Hall–Kier alpha value is -3.06. The molecule has 3 N–H and O–H groups in total. The van der Waals surface area contributed by atoms with Gasteiger partial charge in [-0.2, -0.15) is 0 Å². The predicted molar refractivity (Wildman–Crippen MR) is 115 cm³/mol. The van der Waals surface area contributed by atoms with Crippen molar-refractivity contribution in [2.24, 2.45) is 5.92 Å². The zero-order valence-electron chi connectivity index (χ0n) is 17.2. The molecule has 0 heterocycles. The first-order chi connectivity index (χ1) is 14.0. The molecule has 7 nitrogen and oxygen atoms in total. The lowest BCUT2D eigenvalue weighted by Crippen LogP contribution is -2.22. The number of amides is 2. The minimum Gasteiger partial charge on any atom is -0.491 e. The van der Waals surface area contributed by atoms with E-state index in [1.54, 1.807) is 30.3 Å². The van der Waals surface area contributed by atoms with Crippen molar-refractivity contribution in [3.05, 3.63) is 48.5 Å². The average Bonchev–Trinajstić information content (AvgIpc) is 2.71. The van der Waals surface area contributed by atoms with Gasteiger partial charge in [-0.1, -0.05) is 19.9 Å². The maximum atomic E-state index is 12.2. The number of anilines is 3. The molecular formula is C22H29N3O4. The van der Waals surface area contributed by atoms with Crippen LogP contribution in [0.2, 0.25) is 0 Å². The normalized spacial score (nSPS) is 10.5. The number of benzene rings is 2. The molecule has 2 aromatic rings. The lowest BCUT2D eigenvalue weighted by atomic mass is 10.2. The summed E-state index contributed by atoms with van der Waals surface area (Å²) in [4.78, 5) is 24.0. The van der Waals surface area contributed by atoms with Crippen LogP contribution in [0.3, 0.4) is 0 Å². The summed E-state index contributed by atoms with van der Waals surface area (Å²) in [5.41, 5.74) is 2.13. The number of rotatable bonds is 11. The molecule has 0 saturated heterocycles. The summed E-state index contributed by atoms with van der Waals surface area (Å²) in [5, 5.41) is 8.72. The molecule has 0 aliphatic rings. The van der Waals surface area contributed by atoms with E-state index < -0.39 is 0 Å². The van der Waals surface area contributed by atoms with E-state index in [1.807, 2.05) is 39.0 Å².